The molecule has 2 rings (SSSR count). The molecule has 2 heterocycles. The molecule has 106 valence electrons. The standard InChI is InChI=1S/C13H21N3O3/c1-13(2,9-4-3-5-14-6-9)12(19)16-7-10(17)15-11(18)8-16/h9,14H,3-8H2,1-2H3,(H,15,17,18). The molecule has 2 saturated heterocycles. The minimum absolute atomic E-state index is 0.0197. The molecule has 2 aliphatic rings. The molecule has 0 radical (unpaired) electrons. The molecular weight excluding hydrogens is 246 g/mol. The van der Waals surface area contributed by atoms with E-state index in [0.29, 0.717) is 0 Å². The van der Waals surface area contributed by atoms with E-state index in [2.05, 4.69) is 10.6 Å². The SMILES string of the molecule is CC(C)(C(=O)N1CC(=O)NC(=O)C1)C1CCCNC1. The maximum atomic E-state index is 12.6. The number of rotatable bonds is 2. The van der Waals surface area contributed by atoms with E-state index in [1.807, 2.05) is 13.8 Å². The Bertz CT molecular complexity index is 384. The third-order valence-corrected chi connectivity index (χ3v) is 4.10. The van der Waals surface area contributed by atoms with Crippen LogP contribution in [0, 0.1) is 11.3 Å². The summed E-state index contributed by atoms with van der Waals surface area (Å²) < 4.78 is 0. The first kappa shape index (κ1) is 14.0. The van der Waals surface area contributed by atoms with Crippen molar-refractivity contribution < 1.29 is 14.4 Å². The molecule has 6 nitrogen and oxygen atoms in total. The van der Waals surface area contributed by atoms with Gasteiger partial charge < -0.3 is 10.2 Å². The van der Waals surface area contributed by atoms with Crippen molar-refractivity contribution >= 4 is 17.7 Å². The van der Waals surface area contributed by atoms with E-state index in [-0.39, 0.29) is 24.9 Å². The number of hydrogen-bond donors (Lipinski definition) is 2. The molecule has 19 heavy (non-hydrogen) atoms. The lowest BCUT2D eigenvalue weighted by atomic mass is 9.74. The van der Waals surface area contributed by atoms with Gasteiger partial charge in [0, 0.05) is 5.41 Å². The van der Waals surface area contributed by atoms with Crippen LogP contribution in [0.2, 0.25) is 0 Å². The van der Waals surface area contributed by atoms with Gasteiger partial charge in [-0.3, -0.25) is 19.7 Å². The van der Waals surface area contributed by atoms with Gasteiger partial charge in [0.2, 0.25) is 17.7 Å². The summed E-state index contributed by atoms with van der Waals surface area (Å²) in [5, 5.41) is 5.51. The summed E-state index contributed by atoms with van der Waals surface area (Å²) in [4.78, 5) is 36.7. The van der Waals surface area contributed by atoms with Gasteiger partial charge in [-0.05, 0) is 31.8 Å². The zero-order valence-corrected chi connectivity index (χ0v) is 11.5. The van der Waals surface area contributed by atoms with E-state index in [1.54, 1.807) is 0 Å². The Hall–Kier alpha value is -1.43. The van der Waals surface area contributed by atoms with Crippen molar-refractivity contribution in [1.82, 2.24) is 15.5 Å². The van der Waals surface area contributed by atoms with E-state index in [0.717, 1.165) is 25.9 Å². The molecule has 2 fully saturated rings. The number of carbonyl (C=O) groups excluding carboxylic acids is 3. The fourth-order valence-electron chi connectivity index (χ4n) is 2.83. The number of hydrogen-bond acceptors (Lipinski definition) is 4. The predicted octanol–water partition coefficient (Wildman–Crippen LogP) is -0.503. The van der Waals surface area contributed by atoms with Crippen LogP contribution in [0.15, 0.2) is 0 Å². The van der Waals surface area contributed by atoms with Gasteiger partial charge >= 0.3 is 0 Å². The molecule has 1 atom stereocenters. The second-order valence-corrected chi connectivity index (χ2v) is 5.90. The smallest absolute Gasteiger partial charge is 0.246 e. The Kier molecular flexibility index (Phi) is 3.89. The molecule has 0 saturated carbocycles. The third kappa shape index (κ3) is 2.94. The summed E-state index contributed by atoms with van der Waals surface area (Å²) in [6, 6.07) is 0. The van der Waals surface area contributed by atoms with Crippen molar-refractivity contribution in [3.05, 3.63) is 0 Å². The molecule has 2 aliphatic heterocycles. The molecule has 0 aromatic heterocycles. The molecule has 0 aromatic rings. The molecule has 1 unspecified atom stereocenters. The first-order chi connectivity index (χ1) is 8.91. The number of nitrogens with one attached hydrogen (secondary N) is 2. The zero-order chi connectivity index (χ0) is 14.0. The Morgan fingerprint density at radius 2 is 1.89 bits per heavy atom. The van der Waals surface area contributed by atoms with Gasteiger partial charge in [0.25, 0.3) is 0 Å². The topological polar surface area (TPSA) is 78.5 Å². The number of imide groups is 1. The maximum Gasteiger partial charge on any atom is 0.246 e. The van der Waals surface area contributed by atoms with Crippen molar-refractivity contribution in [1.29, 1.82) is 0 Å². The highest BCUT2D eigenvalue weighted by Gasteiger charge is 2.41. The van der Waals surface area contributed by atoms with E-state index in [1.165, 1.54) is 4.90 Å². The minimum Gasteiger partial charge on any atom is -0.324 e. The zero-order valence-electron chi connectivity index (χ0n) is 11.5. The summed E-state index contributed by atoms with van der Waals surface area (Å²) in [7, 11) is 0. The Morgan fingerprint density at radius 3 is 2.42 bits per heavy atom. The number of nitrogens with zero attached hydrogens (tertiary/aromatic N) is 1. The van der Waals surface area contributed by atoms with Crippen molar-refractivity contribution in [2.75, 3.05) is 26.2 Å². The van der Waals surface area contributed by atoms with Crippen LogP contribution in [-0.2, 0) is 14.4 Å². The molecule has 3 amide bonds. The summed E-state index contributed by atoms with van der Waals surface area (Å²) >= 11 is 0. The monoisotopic (exact) mass is 267 g/mol. The second kappa shape index (κ2) is 5.28. The first-order valence-electron chi connectivity index (χ1n) is 6.74. The average Bonchev–Trinajstić information content (AvgIpc) is 2.37. The van der Waals surface area contributed by atoms with Crippen LogP contribution in [0.3, 0.4) is 0 Å². The lowest BCUT2D eigenvalue weighted by Crippen LogP contribution is -2.57. The highest BCUT2D eigenvalue weighted by Crippen LogP contribution is 2.33. The highest BCUT2D eigenvalue weighted by molar-refractivity contribution is 6.03. The van der Waals surface area contributed by atoms with Crippen LogP contribution < -0.4 is 10.6 Å². The Balaban J connectivity index is 2.08. The van der Waals surface area contributed by atoms with Crippen LogP contribution in [0.5, 0.6) is 0 Å². The van der Waals surface area contributed by atoms with Gasteiger partial charge in [-0.25, -0.2) is 0 Å². The van der Waals surface area contributed by atoms with Crippen LogP contribution in [0.4, 0.5) is 0 Å². The lowest BCUT2D eigenvalue weighted by molar-refractivity contribution is -0.152. The largest absolute Gasteiger partial charge is 0.324 e. The molecule has 0 spiro atoms. The van der Waals surface area contributed by atoms with Gasteiger partial charge in [-0.2, -0.15) is 0 Å². The maximum absolute atomic E-state index is 12.6. The summed E-state index contributed by atoms with van der Waals surface area (Å²) in [6.07, 6.45) is 2.06. The number of amides is 3. The molecule has 0 aromatic carbocycles. The molecule has 0 aliphatic carbocycles. The first-order valence-corrected chi connectivity index (χ1v) is 6.74. The quantitative estimate of drug-likeness (QED) is 0.661. The molecule has 0 bridgehead atoms. The van der Waals surface area contributed by atoms with Gasteiger partial charge in [0.05, 0.1) is 0 Å². The van der Waals surface area contributed by atoms with Gasteiger partial charge in [-0.1, -0.05) is 13.8 Å². The summed E-state index contributed by atoms with van der Waals surface area (Å²) in [5.74, 6) is -0.664. The Morgan fingerprint density at radius 1 is 1.26 bits per heavy atom. The van der Waals surface area contributed by atoms with Crippen molar-refractivity contribution in [3.63, 3.8) is 0 Å². The fourth-order valence-corrected chi connectivity index (χ4v) is 2.83. The van der Waals surface area contributed by atoms with Crippen LogP contribution >= 0.6 is 0 Å². The molecular formula is C13H21N3O3. The number of piperidine rings is 1. The normalized spacial score (nSPS) is 25.2. The molecule has 2 N–H and O–H groups in total. The minimum atomic E-state index is -0.550. The third-order valence-electron chi connectivity index (χ3n) is 4.10. The number of piperazine rings is 1. The van der Waals surface area contributed by atoms with Crippen molar-refractivity contribution in [2.24, 2.45) is 11.3 Å². The second-order valence-electron chi connectivity index (χ2n) is 5.90. The Labute approximate surface area is 112 Å². The molecule has 6 heteroatoms. The van der Waals surface area contributed by atoms with Crippen molar-refractivity contribution in [3.8, 4) is 0 Å². The predicted molar refractivity (Wildman–Crippen MR) is 69.1 cm³/mol. The lowest BCUT2D eigenvalue weighted by Gasteiger charge is -2.40. The fraction of sp³-hybridized carbons (Fsp3) is 0.769. The van der Waals surface area contributed by atoms with E-state index < -0.39 is 17.2 Å². The van der Waals surface area contributed by atoms with Crippen LogP contribution in [0.1, 0.15) is 26.7 Å². The van der Waals surface area contributed by atoms with Crippen molar-refractivity contribution in [2.45, 2.75) is 26.7 Å². The van der Waals surface area contributed by atoms with Crippen LogP contribution in [0.25, 0.3) is 0 Å². The van der Waals surface area contributed by atoms with Gasteiger partial charge in [-0.15, -0.1) is 0 Å². The van der Waals surface area contributed by atoms with Crippen LogP contribution in [-0.4, -0.2) is 48.8 Å². The number of carbonyl (C=O) groups is 3. The van der Waals surface area contributed by atoms with E-state index in [9.17, 15) is 14.4 Å². The average molecular weight is 267 g/mol. The summed E-state index contributed by atoms with van der Waals surface area (Å²) in [6.45, 7) is 5.58. The van der Waals surface area contributed by atoms with Gasteiger partial charge in [0.15, 0.2) is 0 Å². The van der Waals surface area contributed by atoms with E-state index in [4.69, 9.17) is 0 Å². The highest BCUT2D eigenvalue weighted by atomic mass is 16.2. The van der Waals surface area contributed by atoms with E-state index >= 15 is 0 Å². The summed E-state index contributed by atoms with van der Waals surface area (Å²) in [5.41, 5.74) is -0.550. The van der Waals surface area contributed by atoms with Gasteiger partial charge in [0.1, 0.15) is 13.1 Å².